The molecule has 2 aliphatic heterocycles. The van der Waals surface area contributed by atoms with Crippen LogP contribution in [0.4, 0.5) is 11.4 Å². The van der Waals surface area contributed by atoms with Crippen LogP contribution in [0, 0.1) is 19.8 Å². The molecule has 8 heteroatoms. The Morgan fingerprint density at radius 3 is 2.47 bits per heavy atom. The highest BCUT2D eigenvalue weighted by Gasteiger charge is 2.59. The van der Waals surface area contributed by atoms with Crippen molar-refractivity contribution in [1.29, 1.82) is 0 Å². The minimum atomic E-state index is -1.11. The number of aryl methyl sites for hydroxylation is 2. The Morgan fingerprint density at radius 2 is 1.76 bits per heavy atom. The van der Waals surface area contributed by atoms with Gasteiger partial charge < -0.3 is 15.4 Å². The lowest BCUT2D eigenvalue weighted by Gasteiger charge is -2.56. The van der Waals surface area contributed by atoms with E-state index in [4.69, 9.17) is 40.2 Å². The molecular weight excluding hydrogens is 489 g/mol. The van der Waals surface area contributed by atoms with Gasteiger partial charge in [-0.1, -0.05) is 40.9 Å². The quantitative estimate of drug-likeness (QED) is 0.398. The smallest absolute Gasteiger partial charge is 0.236 e. The molecular formula is C26H23Cl2N3O2S. The van der Waals surface area contributed by atoms with Crippen LogP contribution in [0.1, 0.15) is 29.7 Å². The summed E-state index contributed by atoms with van der Waals surface area (Å²) < 4.78 is 6.58. The first-order chi connectivity index (χ1) is 16.2. The summed E-state index contributed by atoms with van der Waals surface area (Å²) >= 11 is 18.2. The molecule has 3 aromatic carbocycles. The third-order valence-electron chi connectivity index (χ3n) is 6.47. The van der Waals surface area contributed by atoms with Gasteiger partial charge >= 0.3 is 0 Å². The molecule has 174 valence electrons. The van der Waals surface area contributed by atoms with Crippen LogP contribution in [0.15, 0.2) is 60.7 Å². The number of ether oxygens (including phenoxy) is 1. The predicted octanol–water partition coefficient (Wildman–Crippen LogP) is 6.41. The van der Waals surface area contributed by atoms with Crippen molar-refractivity contribution >= 4 is 57.8 Å². The molecule has 0 aromatic heterocycles. The topological polar surface area (TPSA) is 53.6 Å². The number of rotatable bonds is 3. The van der Waals surface area contributed by atoms with Crippen LogP contribution in [-0.2, 0) is 4.79 Å². The van der Waals surface area contributed by atoms with E-state index >= 15 is 0 Å². The molecule has 3 atom stereocenters. The van der Waals surface area contributed by atoms with E-state index in [9.17, 15) is 4.79 Å². The Labute approximate surface area is 214 Å². The molecule has 1 saturated heterocycles. The minimum absolute atomic E-state index is 0.181. The Kier molecular flexibility index (Phi) is 5.71. The van der Waals surface area contributed by atoms with E-state index in [1.54, 1.807) is 18.2 Å². The molecule has 1 fully saturated rings. The summed E-state index contributed by atoms with van der Waals surface area (Å²) in [5.74, 6) is -0.179. The summed E-state index contributed by atoms with van der Waals surface area (Å²) in [4.78, 5) is 15.7. The monoisotopic (exact) mass is 511 g/mol. The average Bonchev–Trinajstić information content (AvgIpc) is 2.77. The number of halogens is 2. The van der Waals surface area contributed by atoms with E-state index in [2.05, 4.69) is 10.6 Å². The van der Waals surface area contributed by atoms with Gasteiger partial charge in [0.15, 0.2) is 10.8 Å². The third-order valence-corrected chi connectivity index (χ3v) is 7.25. The summed E-state index contributed by atoms with van der Waals surface area (Å²) in [6.07, 6.45) is 0. The second kappa shape index (κ2) is 8.45. The van der Waals surface area contributed by atoms with Crippen molar-refractivity contribution in [3.05, 3.63) is 87.4 Å². The van der Waals surface area contributed by atoms with Crippen molar-refractivity contribution in [1.82, 2.24) is 5.32 Å². The number of thiocarbonyl (C=S) groups is 1. The van der Waals surface area contributed by atoms with E-state index in [-0.39, 0.29) is 5.91 Å². The molecule has 2 N–H and O–H groups in total. The highest BCUT2D eigenvalue weighted by Crippen LogP contribution is 2.50. The number of fused-ring (bicyclic) bond motifs is 4. The zero-order valence-electron chi connectivity index (χ0n) is 18.9. The number of carbonyl (C=O) groups is 1. The summed E-state index contributed by atoms with van der Waals surface area (Å²) in [7, 11) is 0. The number of hydrogen-bond acceptors (Lipinski definition) is 3. The average molecular weight is 512 g/mol. The molecule has 0 radical (unpaired) electrons. The van der Waals surface area contributed by atoms with Crippen molar-refractivity contribution in [3.8, 4) is 5.75 Å². The van der Waals surface area contributed by atoms with Crippen LogP contribution in [0.25, 0.3) is 0 Å². The fourth-order valence-corrected chi connectivity index (χ4v) is 5.62. The summed E-state index contributed by atoms with van der Waals surface area (Å²) in [5, 5.41) is 8.13. The molecule has 0 spiro atoms. The molecule has 2 heterocycles. The first kappa shape index (κ1) is 23.0. The summed E-state index contributed by atoms with van der Waals surface area (Å²) in [5.41, 5.74) is 3.33. The molecule has 5 rings (SSSR count). The van der Waals surface area contributed by atoms with Crippen LogP contribution < -0.4 is 20.3 Å². The van der Waals surface area contributed by atoms with Crippen molar-refractivity contribution < 1.29 is 9.53 Å². The molecule has 0 saturated carbocycles. The number of benzene rings is 3. The van der Waals surface area contributed by atoms with Crippen LogP contribution in [0.2, 0.25) is 10.0 Å². The number of carbonyl (C=O) groups excluding carboxylic acids is 1. The zero-order chi connectivity index (χ0) is 24.2. The fourth-order valence-electron chi connectivity index (χ4n) is 4.90. The van der Waals surface area contributed by atoms with Gasteiger partial charge in [-0.2, -0.15) is 0 Å². The minimum Gasteiger partial charge on any atom is -0.467 e. The number of amides is 1. The Morgan fingerprint density at radius 1 is 1.06 bits per heavy atom. The van der Waals surface area contributed by atoms with Gasteiger partial charge in [0.05, 0.1) is 6.04 Å². The Bertz CT molecular complexity index is 1310. The van der Waals surface area contributed by atoms with Crippen molar-refractivity contribution in [2.45, 2.75) is 32.5 Å². The van der Waals surface area contributed by atoms with E-state index < -0.39 is 17.7 Å². The van der Waals surface area contributed by atoms with Gasteiger partial charge in [-0.25, -0.2) is 0 Å². The van der Waals surface area contributed by atoms with Crippen molar-refractivity contribution in [3.63, 3.8) is 0 Å². The van der Waals surface area contributed by atoms with E-state index in [1.165, 1.54) is 0 Å². The highest BCUT2D eigenvalue weighted by atomic mass is 35.5. The summed E-state index contributed by atoms with van der Waals surface area (Å²) in [6.45, 7) is 5.89. The fraction of sp³-hybridized carbons (Fsp3) is 0.231. The highest BCUT2D eigenvalue weighted by molar-refractivity contribution is 7.80. The summed E-state index contributed by atoms with van der Waals surface area (Å²) in [6, 6.07) is 18.3. The van der Waals surface area contributed by atoms with Crippen LogP contribution in [0.5, 0.6) is 5.75 Å². The third kappa shape index (κ3) is 3.80. The largest absolute Gasteiger partial charge is 0.467 e. The maximum atomic E-state index is 13.9. The lowest BCUT2D eigenvalue weighted by Crippen LogP contribution is -2.72. The first-order valence-electron chi connectivity index (χ1n) is 10.9. The van der Waals surface area contributed by atoms with Gasteiger partial charge in [-0.3, -0.25) is 9.69 Å². The second-order valence-corrected chi connectivity index (χ2v) is 10.1. The maximum absolute atomic E-state index is 13.9. The van der Waals surface area contributed by atoms with E-state index in [0.29, 0.717) is 20.9 Å². The molecule has 5 nitrogen and oxygen atoms in total. The zero-order valence-corrected chi connectivity index (χ0v) is 21.2. The van der Waals surface area contributed by atoms with Crippen LogP contribution >= 0.6 is 35.4 Å². The lowest BCUT2D eigenvalue weighted by atomic mass is 9.78. The molecule has 2 bridgehead atoms. The lowest BCUT2D eigenvalue weighted by molar-refractivity contribution is -0.130. The molecule has 0 unspecified atom stereocenters. The number of nitrogens with zero attached hydrogens (tertiary/aromatic N) is 1. The maximum Gasteiger partial charge on any atom is 0.236 e. The van der Waals surface area contributed by atoms with Gasteiger partial charge in [0.25, 0.3) is 0 Å². The van der Waals surface area contributed by atoms with Gasteiger partial charge in [-0.15, -0.1) is 0 Å². The first-order valence-corrected chi connectivity index (χ1v) is 12.1. The van der Waals surface area contributed by atoms with Gasteiger partial charge in [0, 0.05) is 27.0 Å². The Balaban J connectivity index is 1.63. The second-order valence-electron chi connectivity index (χ2n) is 8.86. The molecule has 2 aliphatic rings. The van der Waals surface area contributed by atoms with Crippen LogP contribution in [-0.4, -0.2) is 16.7 Å². The van der Waals surface area contributed by atoms with Crippen molar-refractivity contribution in [2.75, 3.05) is 10.2 Å². The number of hydrogen-bond donors (Lipinski definition) is 2. The van der Waals surface area contributed by atoms with Gasteiger partial charge in [0.1, 0.15) is 11.7 Å². The van der Waals surface area contributed by atoms with Crippen molar-refractivity contribution in [2.24, 2.45) is 5.92 Å². The molecule has 0 aliphatic carbocycles. The SMILES string of the molecule is Cc1ccc(NC(=O)[C@@H]2[C@H]3NC(=S)N(c4ccc(Cl)cc4)[C@@]2(C)Oc2ccc(Cl)cc23)c(C)c1. The number of anilines is 2. The molecule has 3 aromatic rings. The number of nitrogens with one attached hydrogen (secondary N) is 2. The van der Waals surface area contributed by atoms with Gasteiger partial charge in [0.2, 0.25) is 5.91 Å². The van der Waals surface area contributed by atoms with E-state index in [1.807, 2.05) is 68.1 Å². The van der Waals surface area contributed by atoms with E-state index in [0.717, 1.165) is 28.1 Å². The molecule has 1 amide bonds. The Hall–Kier alpha value is -2.80. The standard InChI is InChI=1S/C26H23Cl2N3O2S/c1-14-4-10-20(15(2)12-14)29-24(32)22-23-19-13-17(28)7-11-21(19)33-26(22,3)31(25(34)30-23)18-8-5-16(27)6-9-18/h4-13,22-23H,1-3H3,(H,29,32)(H,30,34)/t22-,23-,26-/m0/s1. The predicted molar refractivity (Wildman–Crippen MR) is 141 cm³/mol. The van der Waals surface area contributed by atoms with Gasteiger partial charge in [-0.05, 0) is 87.1 Å². The molecule has 34 heavy (non-hydrogen) atoms. The van der Waals surface area contributed by atoms with Crippen LogP contribution in [0.3, 0.4) is 0 Å². The normalized spacial score (nSPS) is 23.0.